The summed E-state index contributed by atoms with van der Waals surface area (Å²) in [5.74, 6) is -3.61. The number of carbonyl (C=O) groups is 3. The van der Waals surface area contributed by atoms with Gasteiger partial charge in [-0.1, -0.05) is 12.1 Å². The highest BCUT2D eigenvalue weighted by atomic mass is 16.5. The average molecular weight is 444 g/mol. The molecule has 1 heterocycles. The standard InChI is InChI=1S/C21H16O11/c22-18(23)8-29-12-3-1-11(2-4-12)14-7-30-15-6-17(32-10-20(26)27)16(31-9-19(24)25)5-13(15)21(14)28/h1-7H,8-10H2,(H,22,23)(H,24,25)(H,26,27). The molecule has 0 spiro atoms. The zero-order chi connectivity index (χ0) is 23.3. The predicted molar refractivity (Wildman–Crippen MR) is 107 cm³/mol. The summed E-state index contributed by atoms with van der Waals surface area (Å²) < 4.78 is 20.8. The van der Waals surface area contributed by atoms with Gasteiger partial charge in [-0.15, -0.1) is 0 Å². The fourth-order valence-corrected chi connectivity index (χ4v) is 2.72. The van der Waals surface area contributed by atoms with Gasteiger partial charge in [-0.3, -0.25) is 4.79 Å². The lowest BCUT2D eigenvalue weighted by molar-refractivity contribution is -0.140. The van der Waals surface area contributed by atoms with E-state index < -0.39 is 43.2 Å². The smallest absolute Gasteiger partial charge is 0.341 e. The average Bonchev–Trinajstić information content (AvgIpc) is 2.75. The highest BCUT2D eigenvalue weighted by molar-refractivity contribution is 5.85. The van der Waals surface area contributed by atoms with Gasteiger partial charge in [0.15, 0.2) is 31.3 Å². The molecule has 2 aromatic carbocycles. The van der Waals surface area contributed by atoms with Gasteiger partial charge < -0.3 is 33.9 Å². The third-order valence-corrected chi connectivity index (χ3v) is 4.07. The van der Waals surface area contributed by atoms with E-state index in [1.165, 1.54) is 30.5 Å². The van der Waals surface area contributed by atoms with Crippen LogP contribution in [0, 0.1) is 0 Å². The first-order valence-electron chi connectivity index (χ1n) is 8.98. The maximum Gasteiger partial charge on any atom is 0.341 e. The number of rotatable bonds is 10. The van der Waals surface area contributed by atoms with Gasteiger partial charge in [0.2, 0.25) is 5.43 Å². The van der Waals surface area contributed by atoms with Gasteiger partial charge >= 0.3 is 17.9 Å². The first-order chi connectivity index (χ1) is 15.2. The summed E-state index contributed by atoms with van der Waals surface area (Å²) in [5.41, 5.74) is 0.242. The second-order valence-electron chi connectivity index (χ2n) is 6.35. The van der Waals surface area contributed by atoms with E-state index in [1.54, 1.807) is 12.1 Å². The first-order valence-corrected chi connectivity index (χ1v) is 8.98. The van der Waals surface area contributed by atoms with Crippen molar-refractivity contribution in [1.82, 2.24) is 0 Å². The number of benzene rings is 2. The molecule has 0 atom stereocenters. The second-order valence-corrected chi connectivity index (χ2v) is 6.35. The molecule has 0 aliphatic rings. The Morgan fingerprint density at radius 1 is 0.781 bits per heavy atom. The van der Waals surface area contributed by atoms with E-state index in [2.05, 4.69) is 0 Å². The quantitative estimate of drug-likeness (QED) is 0.417. The van der Waals surface area contributed by atoms with E-state index in [0.717, 1.165) is 0 Å². The lowest BCUT2D eigenvalue weighted by atomic mass is 10.1. The van der Waals surface area contributed by atoms with Gasteiger partial charge in [0.05, 0.1) is 10.9 Å². The number of hydrogen-bond donors (Lipinski definition) is 3. The minimum atomic E-state index is -1.28. The molecule has 3 N–H and O–H groups in total. The maximum absolute atomic E-state index is 13.0. The molecule has 0 unspecified atom stereocenters. The highest BCUT2D eigenvalue weighted by Gasteiger charge is 2.16. The molecule has 0 saturated heterocycles. The maximum atomic E-state index is 13.0. The van der Waals surface area contributed by atoms with E-state index in [0.29, 0.717) is 11.3 Å². The predicted octanol–water partition coefficient (Wildman–Crippen LogP) is 1.85. The molecular weight excluding hydrogens is 428 g/mol. The Morgan fingerprint density at radius 2 is 1.31 bits per heavy atom. The zero-order valence-corrected chi connectivity index (χ0v) is 16.3. The highest BCUT2D eigenvalue weighted by Crippen LogP contribution is 2.33. The lowest BCUT2D eigenvalue weighted by Gasteiger charge is -2.12. The van der Waals surface area contributed by atoms with Crippen molar-refractivity contribution in [3.8, 4) is 28.4 Å². The van der Waals surface area contributed by atoms with Crippen LogP contribution in [0.15, 0.2) is 51.9 Å². The second kappa shape index (κ2) is 9.51. The Kier molecular flexibility index (Phi) is 6.59. The molecule has 0 aliphatic carbocycles. The molecule has 11 nitrogen and oxygen atoms in total. The van der Waals surface area contributed by atoms with Crippen LogP contribution in [0.2, 0.25) is 0 Å². The summed E-state index contributed by atoms with van der Waals surface area (Å²) in [6.45, 7) is -1.96. The van der Waals surface area contributed by atoms with Crippen molar-refractivity contribution in [1.29, 1.82) is 0 Å². The summed E-state index contributed by atoms with van der Waals surface area (Å²) in [4.78, 5) is 45.2. The third kappa shape index (κ3) is 5.33. The van der Waals surface area contributed by atoms with Crippen LogP contribution in [0.3, 0.4) is 0 Å². The number of ether oxygens (including phenoxy) is 3. The van der Waals surface area contributed by atoms with Crippen LogP contribution in [0.25, 0.3) is 22.1 Å². The fourth-order valence-electron chi connectivity index (χ4n) is 2.72. The number of hydrogen-bond acceptors (Lipinski definition) is 8. The molecule has 166 valence electrons. The number of fused-ring (bicyclic) bond motifs is 1. The Hall–Kier alpha value is -4.54. The van der Waals surface area contributed by atoms with Crippen LogP contribution in [0.5, 0.6) is 17.2 Å². The molecule has 0 saturated carbocycles. The van der Waals surface area contributed by atoms with Crippen molar-refractivity contribution in [2.45, 2.75) is 0 Å². The number of carboxylic acids is 3. The van der Waals surface area contributed by atoms with Crippen molar-refractivity contribution in [2.24, 2.45) is 0 Å². The largest absolute Gasteiger partial charge is 0.482 e. The molecule has 3 rings (SSSR count). The summed E-state index contributed by atoms with van der Waals surface area (Å²) in [5, 5.41) is 26.4. The van der Waals surface area contributed by atoms with Crippen LogP contribution in [0.4, 0.5) is 0 Å². The molecule has 1 aromatic heterocycles. The molecule has 0 bridgehead atoms. The van der Waals surface area contributed by atoms with Gasteiger partial charge in [-0.25, -0.2) is 14.4 Å². The Bertz CT molecular complexity index is 1220. The van der Waals surface area contributed by atoms with Crippen LogP contribution in [0.1, 0.15) is 0 Å². The Morgan fingerprint density at radius 3 is 1.88 bits per heavy atom. The van der Waals surface area contributed by atoms with Gasteiger partial charge in [0.25, 0.3) is 0 Å². The molecule has 0 aliphatic heterocycles. The van der Waals surface area contributed by atoms with Crippen LogP contribution >= 0.6 is 0 Å². The van der Waals surface area contributed by atoms with E-state index in [4.69, 9.17) is 33.9 Å². The van der Waals surface area contributed by atoms with Crippen molar-refractivity contribution in [3.05, 3.63) is 52.9 Å². The van der Waals surface area contributed by atoms with Crippen LogP contribution in [-0.4, -0.2) is 53.0 Å². The molecule has 3 aromatic rings. The summed E-state index contributed by atoms with van der Waals surface area (Å²) in [7, 11) is 0. The Balaban J connectivity index is 1.99. The number of aliphatic carboxylic acids is 3. The van der Waals surface area contributed by atoms with Crippen molar-refractivity contribution >= 4 is 28.9 Å². The minimum absolute atomic E-state index is 0.0526. The van der Waals surface area contributed by atoms with Gasteiger partial charge in [-0.05, 0) is 23.8 Å². The molecule has 0 radical (unpaired) electrons. The Labute approximate surface area is 179 Å². The van der Waals surface area contributed by atoms with Crippen molar-refractivity contribution in [3.63, 3.8) is 0 Å². The SMILES string of the molecule is O=C(O)COc1ccc(-c2coc3cc(OCC(=O)O)c(OCC(=O)O)cc3c2=O)cc1. The number of carboxylic acid groups (broad SMARTS) is 3. The van der Waals surface area contributed by atoms with E-state index in [9.17, 15) is 19.2 Å². The van der Waals surface area contributed by atoms with Crippen LogP contribution < -0.4 is 19.6 Å². The topological polar surface area (TPSA) is 170 Å². The fraction of sp³-hybridized carbons (Fsp3) is 0.143. The normalized spacial score (nSPS) is 10.5. The first kappa shape index (κ1) is 22.2. The van der Waals surface area contributed by atoms with E-state index >= 15 is 0 Å². The molecular formula is C21H16O11. The lowest BCUT2D eigenvalue weighted by Crippen LogP contribution is -2.14. The summed E-state index contributed by atoms with van der Waals surface area (Å²) in [6.07, 6.45) is 1.20. The van der Waals surface area contributed by atoms with E-state index in [1.807, 2.05) is 0 Å². The monoisotopic (exact) mass is 444 g/mol. The minimum Gasteiger partial charge on any atom is -0.482 e. The summed E-state index contributed by atoms with van der Waals surface area (Å²) >= 11 is 0. The third-order valence-electron chi connectivity index (χ3n) is 4.07. The molecule has 0 fully saturated rings. The molecule has 0 amide bonds. The van der Waals surface area contributed by atoms with E-state index in [-0.39, 0.29) is 28.0 Å². The van der Waals surface area contributed by atoms with Crippen molar-refractivity contribution in [2.75, 3.05) is 19.8 Å². The summed E-state index contributed by atoms with van der Waals surface area (Å²) in [6, 6.07) is 8.53. The molecule has 32 heavy (non-hydrogen) atoms. The zero-order valence-electron chi connectivity index (χ0n) is 16.3. The van der Waals surface area contributed by atoms with Crippen LogP contribution in [-0.2, 0) is 14.4 Å². The van der Waals surface area contributed by atoms with Gasteiger partial charge in [0, 0.05) is 6.07 Å². The molecule has 11 heteroatoms. The van der Waals surface area contributed by atoms with Crippen molar-refractivity contribution < 1.29 is 48.3 Å². The van der Waals surface area contributed by atoms with Gasteiger partial charge in [-0.2, -0.15) is 0 Å². The van der Waals surface area contributed by atoms with Gasteiger partial charge in [0.1, 0.15) is 17.6 Å².